The summed E-state index contributed by atoms with van der Waals surface area (Å²) in [6.45, 7) is 16.5. The Morgan fingerprint density at radius 1 is 0.848 bits per heavy atom. The number of thiophene rings is 1. The predicted molar refractivity (Wildman–Crippen MR) is 191 cm³/mol. The minimum absolute atomic E-state index is 0.123. The van der Waals surface area contributed by atoms with E-state index in [1.807, 2.05) is 6.07 Å². The third-order valence-corrected chi connectivity index (χ3v) is 9.70. The summed E-state index contributed by atoms with van der Waals surface area (Å²) in [5, 5.41) is 1.21. The molecule has 0 bridgehead atoms. The number of methoxy groups -OCH3 is 1. The average molecular weight is 653 g/mol. The van der Waals surface area contributed by atoms with Crippen molar-refractivity contribution in [3.8, 4) is 11.5 Å². The highest BCUT2D eigenvalue weighted by Gasteiger charge is 2.43. The molecule has 2 aromatic carbocycles. The van der Waals surface area contributed by atoms with Gasteiger partial charge in [0.1, 0.15) is 23.7 Å². The fraction of sp³-hybridized carbons (Fsp3) is 0.590. The van der Waals surface area contributed by atoms with E-state index in [9.17, 15) is 0 Å². The van der Waals surface area contributed by atoms with Crippen molar-refractivity contribution in [2.75, 3.05) is 40.1 Å². The second-order valence-corrected chi connectivity index (χ2v) is 13.3. The molecule has 6 nitrogen and oxygen atoms in total. The largest absolute Gasteiger partial charge is 0.496 e. The van der Waals surface area contributed by atoms with Crippen LogP contribution in [0.25, 0.3) is 15.7 Å². The van der Waals surface area contributed by atoms with Crippen molar-refractivity contribution in [2.24, 2.45) is 0 Å². The van der Waals surface area contributed by atoms with Crippen LogP contribution in [0.1, 0.15) is 108 Å². The molecular weight excluding hydrogens is 596 g/mol. The molecule has 0 spiro atoms. The molecule has 0 amide bonds. The van der Waals surface area contributed by atoms with E-state index in [0.717, 1.165) is 97.5 Å². The van der Waals surface area contributed by atoms with Crippen molar-refractivity contribution in [2.45, 2.75) is 110 Å². The number of fused-ring (bicyclic) bond motifs is 1. The molecule has 1 fully saturated rings. The Bertz CT molecular complexity index is 1300. The zero-order valence-corrected chi connectivity index (χ0v) is 29.6. The van der Waals surface area contributed by atoms with Gasteiger partial charge in [-0.3, -0.25) is 0 Å². The number of hydrogen-bond acceptors (Lipinski definition) is 7. The number of hydrogen-bond donors (Lipinski definition) is 0. The molecule has 3 aromatic rings. The van der Waals surface area contributed by atoms with Crippen LogP contribution in [0.15, 0.2) is 49.0 Å². The summed E-state index contributed by atoms with van der Waals surface area (Å²) in [4.78, 5) is 1.10. The first-order valence-electron chi connectivity index (χ1n) is 17.5. The molecule has 46 heavy (non-hydrogen) atoms. The first kappa shape index (κ1) is 36.4. The first-order valence-corrected chi connectivity index (χ1v) is 18.3. The lowest BCUT2D eigenvalue weighted by Crippen LogP contribution is -2.48. The summed E-state index contributed by atoms with van der Waals surface area (Å²) < 4.78 is 40.1. The smallest absolute Gasteiger partial charge is 0.130 e. The van der Waals surface area contributed by atoms with Crippen LogP contribution in [0.4, 0.5) is 0 Å². The van der Waals surface area contributed by atoms with Crippen LogP contribution >= 0.6 is 11.3 Å². The van der Waals surface area contributed by atoms with Gasteiger partial charge in [0.2, 0.25) is 0 Å². The molecule has 254 valence electrons. The molecule has 2 heterocycles. The lowest BCUT2D eigenvalue weighted by Gasteiger charge is -2.42. The monoisotopic (exact) mass is 652 g/mol. The van der Waals surface area contributed by atoms with Gasteiger partial charge in [-0.05, 0) is 54.8 Å². The number of unbranched alkanes of at least 4 members (excludes halogenated alkanes) is 4. The Balaban J connectivity index is 1.78. The van der Waals surface area contributed by atoms with Gasteiger partial charge in [0.15, 0.2) is 0 Å². The van der Waals surface area contributed by atoms with Crippen molar-refractivity contribution in [3.05, 3.63) is 65.0 Å². The van der Waals surface area contributed by atoms with Crippen molar-refractivity contribution >= 4 is 27.0 Å². The van der Waals surface area contributed by atoms with Gasteiger partial charge in [-0.1, -0.05) is 78.2 Å². The SMILES string of the molecule is C=C(c1cc2ccccc2s1)c1cc([C@@H]2O[C@H](COCCCC)C[C@H](OCCCC)[C@H]2OCCCC)c(OCCCC)cc1OC. The average Bonchev–Trinajstić information content (AvgIpc) is 3.52. The molecule has 1 aliphatic heterocycles. The Hall–Kier alpha value is -2.42. The molecule has 0 aliphatic carbocycles. The minimum Gasteiger partial charge on any atom is -0.496 e. The van der Waals surface area contributed by atoms with Crippen molar-refractivity contribution in [1.82, 2.24) is 0 Å². The maximum Gasteiger partial charge on any atom is 0.130 e. The van der Waals surface area contributed by atoms with Gasteiger partial charge in [0.05, 0.1) is 32.5 Å². The molecule has 1 aromatic heterocycles. The van der Waals surface area contributed by atoms with Crippen LogP contribution < -0.4 is 9.47 Å². The molecule has 4 atom stereocenters. The molecular formula is C39H56O6S. The minimum atomic E-state index is -0.409. The van der Waals surface area contributed by atoms with E-state index in [1.165, 1.54) is 10.1 Å². The van der Waals surface area contributed by atoms with E-state index in [2.05, 4.69) is 70.7 Å². The molecule has 0 radical (unpaired) electrons. The highest BCUT2D eigenvalue weighted by molar-refractivity contribution is 7.20. The predicted octanol–water partition coefficient (Wildman–Crippen LogP) is 10.2. The van der Waals surface area contributed by atoms with Crippen LogP contribution in [0.5, 0.6) is 11.5 Å². The highest BCUT2D eigenvalue weighted by atomic mass is 32.1. The Morgan fingerprint density at radius 2 is 1.54 bits per heavy atom. The van der Waals surface area contributed by atoms with E-state index in [1.54, 1.807) is 18.4 Å². The van der Waals surface area contributed by atoms with E-state index in [4.69, 9.17) is 28.4 Å². The lowest BCUT2D eigenvalue weighted by atomic mass is 9.90. The van der Waals surface area contributed by atoms with Gasteiger partial charge >= 0.3 is 0 Å². The van der Waals surface area contributed by atoms with Crippen molar-refractivity contribution in [3.63, 3.8) is 0 Å². The normalized spacial score (nSPS) is 19.8. The van der Waals surface area contributed by atoms with Crippen LogP contribution in [-0.2, 0) is 18.9 Å². The standard InChI is InChI=1S/C39H56O6S/c1-7-11-19-41-27-30-24-35(43-21-13-9-3)39(44-22-14-10-4)38(45-30)32-25-31(33(40-6)26-34(32)42-20-12-8-2)28(5)37-23-29-17-15-16-18-36(29)46-37/h15-18,23,25-26,30,35,38-39H,5,7-14,19-22,24,27H2,1-4,6H3/t30-,35-,38-,39+/m0/s1. The van der Waals surface area contributed by atoms with Gasteiger partial charge in [0.25, 0.3) is 0 Å². The Kier molecular flexibility index (Phi) is 15.4. The topological polar surface area (TPSA) is 55.4 Å². The zero-order valence-electron chi connectivity index (χ0n) is 28.8. The molecule has 0 saturated carbocycles. The number of benzene rings is 2. The van der Waals surface area contributed by atoms with Crippen LogP contribution in [0.2, 0.25) is 0 Å². The number of rotatable bonds is 21. The highest BCUT2D eigenvalue weighted by Crippen LogP contribution is 2.45. The van der Waals surface area contributed by atoms with E-state index in [-0.39, 0.29) is 18.3 Å². The maximum absolute atomic E-state index is 6.96. The van der Waals surface area contributed by atoms with Crippen molar-refractivity contribution in [1.29, 1.82) is 0 Å². The number of ether oxygens (including phenoxy) is 6. The van der Waals surface area contributed by atoms with Crippen LogP contribution in [0, 0.1) is 0 Å². The summed E-state index contributed by atoms with van der Waals surface area (Å²) in [7, 11) is 1.71. The summed E-state index contributed by atoms with van der Waals surface area (Å²) in [6.07, 6.45) is 8.03. The molecule has 4 rings (SSSR count). The fourth-order valence-electron chi connectivity index (χ4n) is 5.77. The molecule has 1 aliphatic rings. The third kappa shape index (κ3) is 9.80. The first-order chi connectivity index (χ1) is 22.5. The summed E-state index contributed by atoms with van der Waals surface area (Å²) in [6, 6.07) is 14.8. The quantitative estimate of drug-likeness (QED) is 0.107. The van der Waals surface area contributed by atoms with Gasteiger partial charge in [0, 0.05) is 53.0 Å². The second-order valence-electron chi connectivity index (χ2n) is 12.2. The second kappa shape index (κ2) is 19.4. The van der Waals surface area contributed by atoms with Crippen LogP contribution in [-0.4, -0.2) is 58.5 Å². The van der Waals surface area contributed by atoms with Gasteiger partial charge in [-0.2, -0.15) is 0 Å². The summed E-state index contributed by atoms with van der Waals surface area (Å²) in [5.74, 6) is 1.49. The van der Waals surface area contributed by atoms with E-state index >= 15 is 0 Å². The van der Waals surface area contributed by atoms with Gasteiger partial charge in [-0.25, -0.2) is 0 Å². The molecule has 1 saturated heterocycles. The van der Waals surface area contributed by atoms with Crippen LogP contribution in [0.3, 0.4) is 0 Å². The fourth-order valence-corrected chi connectivity index (χ4v) is 6.81. The molecule has 7 heteroatoms. The summed E-state index contributed by atoms with van der Waals surface area (Å²) in [5.41, 5.74) is 2.78. The Morgan fingerprint density at radius 3 is 2.26 bits per heavy atom. The zero-order chi connectivity index (χ0) is 32.7. The molecule has 0 N–H and O–H groups in total. The van der Waals surface area contributed by atoms with E-state index in [0.29, 0.717) is 26.4 Å². The van der Waals surface area contributed by atoms with Crippen molar-refractivity contribution < 1.29 is 28.4 Å². The molecule has 0 unspecified atom stereocenters. The lowest BCUT2D eigenvalue weighted by molar-refractivity contribution is -0.213. The maximum atomic E-state index is 6.96. The summed E-state index contributed by atoms with van der Waals surface area (Å²) >= 11 is 1.74. The third-order valence-electron chi connectivity index (χ3n) is 8.53. The van der Waals surface area contributed by atoms with Gasteiger partial charge in [-0.15, -0.1) is 11.3 Å². The van der Waals surface area contributed by atoms with Gasteiger partial charge < -0.3 is 28.4 Å². The van der Waals surface area contributed by atoms with E-state index < -0.39 is 6.10 Å². The Labute approximate surface area is 281 Å².